The van der Waals surface area contributed by atoms with Crippen LogP contribution in [0.3, 0.4) is 0 Å². The van der Waals surface area contributed by atoms with Crippen LogP contribution in [0.4, 0.5) is 10.1 Å². The summed E-state index contributed by atoms with van der Waals surface area (Å²) < 4.78 is 15.1. The molecule has 3 aromatic rings. The highest BCUT2D eigenvalue weighted by atomic mass is 35.5. The predicted molar refractivity (Wildman–Crippen MR) is 104 cm³/mol. The molecule has 0 saturated carbocycles. The Morgan fingerprint density at radius 2 is 1.89 bits per heavy atom. The maximum atomic E-state index is 13.3. The van der Waals surface area contributed by atoms with E-state index in [9.17, 15) is 9.18 Å². The van der Waals surface area contributed by atoms with E-state index in [1.54, 1.807) is 28.9 Å². The Morgan fingerprint density at radius 1 is 1.15 bits per heavy atom. The van der Waals surface area contributed by atoms with Gasteiger partial charge in [-0.25, -0.2) is 9.07 Å². The molecule has 4 nitrogen and oxygen atoms in total. The van der Waals surface area contributed by atoms with E-state index >= 15 is 0 Å². The number of aromatic nitrogens is 2. The number of rotatable bonds is 3. The summed E-state index contributed by atoms with van der Waals surface area (Å²) >= 11 is 5.99. The highest BCUT2D eigenvalue weighted by Crippen LogP contribution is 2.28. The van der Waals surface area contributed by atoms with Crippen LogP contribution in [-0.2, 0) is 12.8 Å². The van der Waals surface area contributed by atoms with Crippen molar-refractivity contribution in [1.29, 1.82) is 0 Å². The van der Waals surface area contributed by atoms with Gasteiger partial charge in [-0.3, -0.25) is 4.79 Å². The third kappa shape index (κ3) is 3.47. The summed E-state index contributed by atoms with van der Waals surface area (Å²) in [4.78, 5) is 12.9. The highest BCUT2D eigenvalue weighted by Gasteiger charge is 2.25. The fourth-order valence-electron chi connectivity index (χ4n) is 3.53. The Bertz CT molecular complexity index is 1010. The number of aryl methyl sites for hydroxylation is 1. The van der Waals surface area contributed by atoms with Gasteiger partial charge in [-0.1, -0.05) is 11.6 Å². The van der Waals surface area contributed by atoms with Crippen LogP contribution in [0.1, 0.15) is 40.2 Å². The van der Waals surface area contributed by atoms with Gasteiger partial charge in [0.05, 0.1) is 5.69 Å². The second-order valence-electron chi connectivity index (χ2n) is 6.78. The molecule has 0 unspecified atom stereocenters. The van der Waals surface area contributed by atoms with Gasteiger partial charge < -0.3 is 5.32 Å². The Morgan fingerprint density at radius 3 is 2.63 bits per heavy atom. The lowest BCUT2D eigenvalue weighted by atomic mass is 9.95. The number of hydrogen-bond acceptors (Lipinski definition) is 2. The maximum Gasteiger partial charge on any atom is 0.276 e. The van der Waals surface area contributed by atoms with E-state index in [0.717, 1.165) is 48.2 Å². The van der Waals surface area contributed by atoms with Crippen LogP contribution in [-0.4, -0.2) is 15.7 Å². The third-order valence-electron chi connectivity index (χ3n) is 4.90. The third-order valence-corrected chi connectivity index (χ3v) is 5.14. The van der Waals surface area contributed by atoms with Gasteiger partial charge in [-0.2, -0.15) is 5.10 Å². The Kier molecular flexibility index (Phi) is 4.70. The smallest absolute Gasteiger partial charge is 0.276 e. The molecular formula is C21H19ClFN3O. The summed E-state index contributed by atoms with van der Waals surface area (Å²) in [6.45, 7) is 1.90. The first kappa shape index (κ1) is 17.7. The quantitative estimate of drug-likeness (QED) is 0.683. The first-order valence-corrected chi connectivity index (χ1v) is 9.35. The van der Waals surface area contributed by atoms with Gasteiger partial charge in [0.15, 0.2) is 5.69 Å². The molecule has 138 valence electrons. The number of nitrogens with one attached hydrogen (secondary N) is 1. The molecule has 1 aliphatic rings. The first-order valence-electron chi connectivity index (χ1n) is 8.97. The Hall–Kier alpha value is -2.66. The maximum absolute atomic E-state index is 13.3. The lowest BCUT2D eigenvalue weighted by Crippen LogP contribution is -2.16. The summed E-state index contributed by atoms with van der Waals surface area (Å²) in [6.07, 6.45) is 3.76. The van der Waals surface area contributed by atoms with Crippen LogP contribution < -0.4 is 5.32 Å². The molecule has 1 heterocycles. The number of amides is 1. The van der Waals surface area contributed by atoms with Gasteiger partial charge in [-0.15, -0.1) is 0 Å². The van der Waals surface area contributed by atoms with Gasteiger partial charge in [0.1, 0.15) is 5.82 Å². The van der Waals surface area contributed by atoms with E-state index in [1.807, 2.05) is 13.0 Å². The predicted octanol–water partition coefficient (Wildman–Crippen LogP) is 5.10. The van der Waals surface area contributed by atoms with Gasteiger partial charge in [0, 0.05) is 22.0 Å². The molecular weight excluding hydrogens is 365 g/mol. The fraction of sp³-hybridized carbons (Fsp3) is 0.238. The van der Waals surface area contributed by atoms with E-state index in [-0.39, 0.29) is 11.7 Å². The van der Waals surface area contributed by atoms with E-state index in [4.69, 9.17) is 11.6 Å². The Balaban J connectivity index is 1.72. The van der Waals surface area contributed by atoms with Crippen molar-refractivity contribution >= 4 is 23.2 Å². The number of nitrogens with zero attached hydrogens (tertiary/aromatic N) is 2. The molecule has 6 heteroatoms. The summed E-state index contributed by atoms with van der Waals surface area (Å²) in [6, 6.07) is 11.5. The molecule has 1 aromatic heterocycles. The van der Waals surface area contributed by atoms with Crippen molar-refractivity contribution in [2.45, 2.75) is 32.6 Å². The monoisotopic (exact) mass is 383 g/mol. The number of carbonyl (C=O) groups is 1. The van der Waals surface area contributed by atoms with Crippen LogP contribution in [0, 0.1) is 12.7 Å². The molecule has 0 bridgehead atoms. The van der Waals surface area contributed by atoms with E-state index in [0.29, 0.717) is 16.4 Å². The van der Waals surface area contributed by atoms with E-state index in [2.05, 4.69) is 10.4 Å². The molecule has 1 N–H and O–H groups in total. The number of carbonyl (C=O) groups excluding carboxylic acids is 1. The normalized spacial score (nSPS) is 13.3. The number of anilines is 1. The molecule has 4 rings (SSSR count). The van der Waals surface area contributed by atoms with E-state index in [1.165, 1.54) is 12.1 Å². The van der Waals surface area contributed by atoms with Crippen molar-refractivity contribution in [2.75, 3.05) is 5.32 Å². The average Bonchev–Trinajstić information content (AvgIpc) is 3.04. The van der Waals surface area contributed by atoms with Crippen molar-refractivity contribution in [3.63, 3.8) is 0 Å². The zero-order valence-electron chi connectivity index (χ0n) is 14.9. The molecule has 0 atom stereocenters. The largest absolute Gasteiger partial charge is 0.320 e. The summed E-state index contributed by atoms with van der Waals surface area (Å²) in [5.74, 6) is -0.532. The van der Waals surface area contributed by atoms with Crippen LogP contribution in [0.25, 0.3) is 5.69 Å². The van der Waals surface area contributed by atoms with Crippen LogP contribution >= 0.6 is 11.6 Å². The SMILES string of the molecule is Cc1cc(Cl)ccc1NC(=O)c1nn(-c2ccc(F)cc2)c2c1CCCC2. The molecule has 1 aliphatic carbocycles. The zero-order valence-corrected chi connectivity index (χ0v) is 15.7. The summed E-state index contributed by atoms with van der Waals surface area (Å²) in [5.41, 5.74) is 4.81. The zero-order chi connectivity index (χ0) is 19.0. The second-order valence-corrected chi connectivity index (χ2v) is 7.22. The number of halogens is 2. The molecule has 0 aliphatic heterocycles. The molecule has 0 saturated heterocycles. The van der Waals surface area contributed by atoms with Crippen LogP contribution in [0.2, 0.25) is 5.02 Å². The van der Waals surface area contributed by atoms with Crippen LogP contribution in [0.15, 0.2) is 42.5 Å². The fourth-order valence-corrected chi connectivity index (χ4v) is 3.75. The van der Waals surface area contributed by atoms with Crippen LogP contribution in [0.5, 0.6) is 0 Å². The van der Waals surface area contributed by atoms with Gasteiger partial charge in [0.2, 0.25) is 0 Å². The van der Waals surface area contributed by atoms with Crippen molar-refractivity contribution in [3.05, 3.63) is 75.8 Å². The number of benzene rings is 2. The number of fused-ring (bicyclic) bond motifs is 1. The van der Waals surface area contributed by atoms with E-state index < -0.39 is 0 Å². The summed E-state index contributed by atoms with van der Waals surface area (Å²) in [5, 5.41) is 8.16. The van der Waals surface area contributed by atoms with Gasteiger partial charge in [-0.05, 0) is 80.6 Å². The number of hydrogen-bond donors (Lipinski definition) is 1. The molecule has 0 radical (unpaired) electrons. The minimum atomic E-state index is -0.295. The van der Waals surface area contributed by atoms with Crippen molar-refractivity contribution in [3.8, 4) is 5.69 Å². The van der Waals surface area contributed by atoms with Crippen molar-refractivity contribution in [1.82, 2.24) is 9.78 Å². The minimum Gasteiger partial charge on any atom is -0.320 e. The average molecular weight is 384 g/mol. The lowest BCUT2D eigenvalue weighted by molar-refractivity contribution is 0.102. The molecule has 0 spiro atoms. The Labute approximate surface area is 162 Å². The topological polar surface area (TPSA) is 46.9 Å². The lowest BCUT2D eigenvalue weighted by Gasteiger charge is -2.14. The van der Waals surface area contributed by atoms with Crippen molar-refractivity contribution in [2.24, 2.45) is 0 Å². The summed E-state index contributed by atoms with van der Waals surface area (Å²) in [7, 11) is 0. The molecule has 2 aromatic carbocycles. The highest BCUT2D eigenvalue weighted by molar-refractivity contribution is 6.30. The standard InChI is InChI=1S/C21H19ClFN3O/c1-13-12-14(22)6-11-18(13)24-21(27)20-17-4-2-3-5-19(17)26(25-20)16-9-7-15(23)8-10-16/h6-12H,2-5H2,1H3,(H,24,27). The minimum absolute atomic E-state index is 0.237. The first-order chi connectivity index (χ1) is 13.0. The molecule has 27 heavy (non-hydrogen) atoms. The molecule has 1 amide bonds. The van der Waals surface area contributed by atoms with Gasteiger partial charge in [0.25, 0.3) is 5.91 Å². The molecule has 0 fully saturated rings. The second kappa shape index (κ2) is 7.16. The van der Waals surface area contributed by atoms with Crippen molar-refractivity contribution < 1.29 is 9.18 Å². The van der Waals surface area contributed by atoms with Gasteiger partial charge >= 0.3 is 0 Å².